The Labute approximate surface area is 155 Å². The first-order chi connectivity index (χ1) is 12.7. The van der Waals surface area contributed by atoms with Gasteiger partial charge in [-0.3, -0.25) is 9.59 Å². The minimum absolute atomic E-state index is 0.103. The Morgan fingerprint density at radius 2 is 1.73 bits per heavy atom. The number of thiophene rings is 1. The number of anilines is 1. The average molecular weight is 363 g/mol. The number of hydrazone groups is 1. The first kappa shape index (κ1) is 17.6. The molecule has 0 aliphatic heterocycles. The van der Waals surface area contributed by atoms with Crippen LogP contribution in [0.15, 0.2) is 77.2 Å². The number of nitrogens with one attached hydrogen (secondary N) is 2. The van der Waals surface area contributed by atoms with E-state index in [1.165, 1.54) is 11.3 Å². The monoisotopic (exact) mass is 363 g/mol. The molecule has 0 saturated heterocycles. The average Bonchev–Trinajstić information content (AvgIpc) is 3.16. The Morgan fingerprint density at radius 1 is 0.962 bits per heavy atom. The second kappa shape index (κ2) is 8.73. The molecule has 2 N–H and O–H groups in total. The number of benzene rings is 2. The summed E-state index contributed by atoms with van der Waals surface area (Å²) in [6.07, 6.45) is 1.90. The highest BCUT2D eigenvalue weighted by Crippen LogP contribution is 2.11. The van der Waals surface area contributed by atoms with Gasteiger partial charge in [-0.1, -0.05) is 36.4 Å². The summed E-state index contributed by atoms with van der Waals surface area (Å²) in [5.41, 5.74) is 4.54. The number of nitrogens with zero attached hydrogens (tertiary/aromatic N) is 1. The molecule has 0 unspecified atom stereocenters. The van der Waals surface area contributed by atoms with E-state index in [2.05, 4.69) is 15.8 Å². The lowest BCUT2D eigenvalue weighted by atomic mass is 10.1. The van der Waals surface area contributed by atoms with Crippen LogP contribution in [0.25, 0.3) is 0 Å². The zero-order chi connectivity index (χ0) is 18.2. The molecule has 2 aromatic carbocycles. The van der Waals surface area contributed by atoms with Crippen molar-refractivity contribution in [1.29, 1.82) is 0 Å². The van der Waals surface area contributed by atoms with Crippen molar-refractivity contribution in [2.24, 2.45) is 5.10 Å². The van der Waals surface area contributed by atoms with Crippen LogP contribution >= 0.6 is 11.3 Å². The quantitative estimate of drug-likeness (QED) is 0.518. The van der Waals surface area contributed by atoms with Gasteiger partial charge in [0.1, 0.15) is 0 Å². The van der Waals surface area contributed by atoms with Gasteiger partial charge in [0.25, 0.3) is 5.91 Å². The molecule has 0 radical (unpaired) electrons. The Kier molecular flexibility index (Phi) is 5.90. The molecule has 5 nitrogen and oxygen atoms in total. The van der Waals surface area contributed by atoms with Crippen molar-refractivity contribution in [3.63, 3.8) is 0 Å². The highest BCUT2D eigenvalue weighted by molar-refractivity contribution is 7.11. The van der Waals surface area contributed by atoms with E-state index >= 15 is 0 Å². The fourth-order valence-electron chi connectivity index (χ4n) is 2.28. The number of carbonyl (C=O) groups is 2. The van der Waals surface area contributed by atoms with E-state index in [1.807, 2.05) is 47.8 Å². The molecule has 0 saturated carbocycles. The molecule has 6 heteroatoms. The van der Waals surface area contributed by atoms with Crippen molar-refractivity contribution < 1.29 is 9.59 Å². The Morgan fingerprint density at radius 3 is 2.42 bits per heavy atom. The minimum Gasteiger partial charge on any atom is -0.326 e. The summed E-state index contributed by atoms with van der Waals surface area (Å²) >= 11 is 1.54. The Bertz CT molecular complexity index is 889. The summed E-state index contributed by atoms with van der Waals surface area (Å²) in [7, 11) is 0. The second-order valence-electron chi connectivity index (χ2n) is 5.50. The van der Waals surface area contributed by atoms with Crippen molar-refractivity contribution in [1.82, 2.24) is 5.43 Å². The standard InChI is InChI=1S/C20H17N3O2S/c24-19(13-15-5-2-1-3-6-15)22-17-10-8-16(9-11-17)20(25)23-21-14-18-7-4-12-26-18/h1-12,14H,13H2,(H,22,24)(H,23,25)/b21-14-. The van der Waals surface area contributed by atoms with Crippen molar-refractivity contribution in [2.45, 2.75) is 6.42 Å². The van der Waals surface area contributed by atoms with Gasteiger partial charge in [0.05, 0.1) is 12.6 Å². The zero-order valence-electron chi connectivity index (χ0n) is 13.9. The number of hydrogen-bond donors (Lipinski definition) is 2. The summed E-state index contributed by atoms with van der Waals surface area (Å²) in [5.74, 6) is -0.408. The SMILES string of the molecule is O=C(Cc1ccccc1)Nc1ccc(C(=O)N/N=C\c2cccs2)cc1. The smallest absolute Gasteiger partial charge is 0.271 e. The van der Waals surface area contributed by atoms with Crippen LogP contribution in [-0.2, 0) is 11.2 Å². The largest absolute Gasteiger partial charge is 0.326 e. The third kappa shape index (κ3) is 5.12. The lowest BCUT2D eigenvalue weighted by molar-refractivity contribution is -0.115. The fourth-order valence-corrected chi connectivity index (χ4v) is 2.86. The summed E-state index contributed by atoms with van der Waals surface area (Å²) in [6, 6.07) is 20.0. The van der Waals surface area contributed by atoms with E-state index in [0.717, 1.165) is 10.4 Å². The lowest BCUT2D eigenvalue weighted by Crippen LogP contribution is -2.18. The van der Waals surface area contributed by atoms with Crippen LogP contribution in [0.2, 0.25) is 0 Å². The molecular formula is C20H17N3O2S. The topological polar surface area (TPSA) is 70.6 Å². The van der Waals surface area contributed by atoms with Crippen molar-refractivity contribution in [2.75, 3.05) is 5.32 Å². The molecule has 1 aromatic heterocycles. The summed E-state index contributed by atoms with van der Waals surface area (Å²) < 4.78 is 0. The first-order valence-electron chi connectivity index (χ1n) is 8.01. The highest BCUT2D eigenvalue weighted by atomic mass is 32.1. The molecule has 3 aromatic rings. The third-order valence-electron chi connectivity index (χ3n) is 3.54. The van der Waals surface area contributed by atoms with Crippen LogP contribution in [0, 0.1) is 0 Å². The molecule has 1 heterocycles. The van der Waals surface area contributed by atoms with Crippen LogP contribution in [-0.4, -0.2) is 18.0 Å². The zero-order valence-corrected chi connectivity index (χ0v) is 14.7. The molecule has 26 heavy (non-hydrogen) atoms. The first-order valence-corrected chi connectivity index (χ1v) is 8.89. The third-order valence-corrected chi connectivity index (χ3v) is 4.35. The van der Waals surface area contributed by atoms with Gasteiger partial charge in [-0.15, -0.1) is 11.3 Å². The van der Waals surface area contributed by atoms with E-state index in [1.54, 1.807) is 30.5 Å². The van der Waals surface area contributed by atoms with Crippen LogP contribution in [0.5, 0.6) is 0 Å². The molecule has 0 aliphatic rings. The van der Waals surface area contributed by atoms with Crippen molar-refractivity contribution in [3.05, 3.63) is 88.1 Å². The molecule has 2 amide bonds. The molecular weight excluding hydrogens is 346 g/mol. The van der Waals surface area contributed by atoms with Gasteiger partial charge in [-0.05, 0) is 41.3 Å². The number of amides is 2. The number of hydrogen-bond acceptors (Lipinski definition) is 4. The van der Waals surface area contributed by atoms with Gasteiger partial charge >= 0.3 is 0 Å². The predicted octanol–water partition coefficient (Wildman–Crippen LogP) is 3.69. The molecule has 130 valence electrons. The van der Waals surface area contributed by atoms with Crippen LogP contribution < -0.4 is 10.7 Å². The van der Waals surface area contributed by atoms with E-state index < -0.39 is 0 Å². The van der Waals surface area contributed by atoms with Crippen molar-refractivity contribution in [3.8, 4) is 0 Å². The maximum absolute atomic E-state index is 12.0. The van der Waals surface area contributed by atoms with E-state index in [4.69, 9.17) is 0 Å². The van der Waals surface area contributed by atoms with Gasteiger partial charge in [0.15, 0.2) is 0 Å². The molecule has 0 atom stereocenters. The number of carbonyl (C=O) groups excluding carboxylic acids is 2. The normalized spacial score (nSPS) is 10.6. The molecule has 0 spiro atoms. The summed E-state index contributed by atoms with van der Waals surface area (Å²) in [4.78, 5) is 25.0. The van der Waals surface area contributed by atoms with Gasteiger partial charge in [0.2, 0.25) is 5.91 Å². The maximum Gasteiger partial charge on any atom is 0.271 e. The van der Waals surface area contributed by atoms with Gasteiger partial charge < -0.3 is 5.32 Å². The fraction of sp³-hybridized carbons (Fsp3) is 0.0500. The molecule has 0 fully saturated rings. The molecule has 0 aliphatic carbocycles. The van der Waals surface area contributed by atoms with Crippen LogP contribution in [0.3, 0.4) is 0 Å². The van der Waals surface area contributed by atoms with E-state index in [9.17, 15) is 9.59 Å². The minimum atomic E-state index is -0.306. The van der Waals surface area contributed by atoms with Gasteiger partial charge in [-0.2, -0.15) is 5.10 Å². The summed E-state index contributed by atoms with van der Waals surface area (Å²) in [5, 5.41) is 8.68. The lowest BCUT2D eigenvalue weighted by Gasteiger charge is -2.06. The summed E-state index contributed by atoms with van der Waals surface area (Å²) in [6.45, 7) is 0. The second-order valence-corrected chi connectivity index (χ2v) is 6.48. The van der Waals surface area contributed by atoms with Crippen LogP contribution in [0.1, 0.15) is 20.8 Å². The predicted molar refractivity (Wildman–Crippen MR) is 105 cm³/mol. The maximum atomic E-state index is 12.0. The van der Waals surface area contributed by atoms with Crippen LogP contribution in [0.4, 0.5) is 5.69 Å². The Balaban J connectivity index is 1.52. The highest BCUT2D eigenvalue weighted by Gasteiger charge is 2.06. The molecule has 0 bridgehead atoms. The molecule has 3 rings (SSSR count). The Hall–Kier alpha value is -3.25. The van der Waals surface area contributed by atoms with Gasteiger partial charge in [0, 0.05) is 16.1 Å². The number of rotatable bonds is 6. The van der Waals surface area contributed by atoms with Gasteiger partial charge in [-0.25, -0.2) is 5.43 Å². The van der Waals surface area contributed by atoms with Crippen molar-refractivity contribution >= 4 is 35.1 Å². The van der Waals surface area contributed by atoms with E-state index in [0.29, 0.717) is 17.7 Å². The van der Waals surface area contributed by atoms with E-state index in [-0.39, 0.29) is 11.8 Å².